The number of benzene rings is 4. The van der Waals surface area contributed by atoms with Crippen LogP contribution < -0.4 is 14.4 Å². The van der Waals surface area contributed by atoms with Gasteiger partial charge in [0, 0.05) is 65.3 Å². The molecule has 0 N–H and O–H groups in total. The molecular formula is C45H46N3+. The van der Waals surface area contributed by atoms with Crippen molar-refractivity contribution in [1.82, 2.24) is 0 Å². The Balaban J connectivity index is 1.20. The minimum atomic E-state index is -0.110. The quantitative estimate of drug-likeness (QED) is 0.183. The van der Waals surface area contributed by atoms with Crippen molar-refractivity contribution in [1.29, 1.82) is 0 Å². The van der Waals surface area contributed by atoms with Crippen LogP contribution in [0.5, 0.6) is 0 Å². The van der Waals surface area contributed by atoms with Crippen LogP contribution in [0.25, 0.3) is 27.2 Å². The van der Waals surface area contributed by atoms with E-state index >= 15 is 0 Å². The van der Waals surface area contributed by atoms with E-state index in [1.165, 1.54) is 66.6 Å². The summed E-state index contributed by atoms with van der Waals surface area (Å²) in [6, 6.07) is 33.4. The fraction of sp³-hybridized carbons (Fsp3) is 0.267. The van der Waals surface area contributed by atoms with Crippen LogP contribution in [-0.2, 0) is 10.8 Å². The number of allylic oxidation sites excluding steroid dienone is 7. The van der Waals surface area contributed by atoms with Crippen LogP contribution in [0.2, 0.25) is 0 Å². The van der Waals surface area contributed by atoms with Crippen molar-refractivity contribution in [3.63, 3.8) is 0 Å². The van der Waals surface area contributed by atoms with Gasteiger partial charge in [-0.1, -0.05) is 113 Å². The van der Waals surface area contributed by atoms with Crippen LogP contribution in [0.3, 0.4) is 0 Å². The molecule has 2 aliphatic heterocycles. The van der Waals surface area contributed by atoms with Gasteiger partial charge in [0.15, 0.2) is 12.4 Å². The maximum Gasteiger partial charge on any atom is 0.216 e. The Morgan fingerprint density at radius 1 is 0.688 bits per heavy atom. The summed E-state index contributed by atoms with van der Waals surface area (Å²) < 4.78 is 2.33. The largest absolute Gasteiger partial charge is 0.367 e. The first-order valence-electron chi connectivity index (χ1n) is 17.5. The first-order valence-corrected chi connectivity index (χ1v) is 17.5. The number of aromatic nitrogens is 1. The Labute approximate surface area is 285 Å². The smallest absolute Gasteiger partial charge is 0.216 e. The SMILES string of the molecule is CN1/C(=C/C=C2\CCCC(/C=C/C3N(C)c4ccc5ccccc5c4C3(C)C)=C2[n+]2ccccc2)C(C)(C)c2c1ccc1ccccc21. The normalized spacial score (nSPS) is 21.7. The van der Waals surface area contributed by atoms with Crippen molar-refractivity contribution in [2.24, 2.45) is 0 Å². The number of fused-ring (bicyclic) bond motifs is 6. The van der Waals surface area contributed by atoms with E-state index in [-0.39, 0.29) is 16.9 Å². The zero-order valence-corrected chi connectivity index (χ0v) is 29.2. The third-order valence-corrected chi connectivity index (χ3v) is 11.4. The first kappa shape index (κ1) is 30.4. The van der Waals surface area contributed by atoms with E-state index < -0.39 is 0 Å². The number of hydrogen-bond acceptors (Lipinski definition) is 2. The molecule has 8 rings (SSSR count). The number of hydrogen-bond donors (Lipinski definition) is 0. The van der Waals surface area contributed by atoms with Crippen molar-refractivity contribution in [2.75, 3.05) is 23.9 Å². The molecule has 1 unspecified atom stereocenters. The van der Waals surface area contributed by atoms with Gasteiger partial charge < -0.3 is 9.80 Å². The summed E-state index contributed by atoms with van der Waals surface area (Å²) in [6.07, 6.45) is 17.4. The average Bonchev–Trinajstić information content (AvgIpc) is 3.43. The molecule has 3 nitrogen and oxygen atoms in total. The van der Waals surface area contributed by atoms with Crippen LogP contribution in [0.4, 0.5) is 11.4 Å². The van der Waals surface area contributed by atoms with Crippen molar-refractivity contribution < 1.29 is 4.57 Å². The molecule has 0 bridgehead atoms. The molecule has 5 aromatic rings. The Bertz CT molecular complexity index is 2190. The molecule has 0 saturated heterocycles. The van der Waals surface area contributed by atoms with Gasteiger partial charge in [0.05, 0.1) is 6.04 Å². The fourth-order valence-electron chi connectivity index (χ4n) is 9.08. The van der Waals surface area contributed by atoms with Crippen molar-refractivity contribution >= 4 is 38.6 Å². The molecule has 1 aromatic heterocycles. The number of rotatable bonds is 4. The van der Waals surface area contributed by atoms with Gasteiger partial charge in [-0.2, -0.15) is 4.57 Å². The lowest BCUT2D eigenvalue weighted by Crippen LogP contribution is -2.38. The third-order valence-electron chi connectivity index (χ3n) is 11.4. The summed E-state index contributed by atoms with van der Waals surface area (Å²) in [5, 5.41) is 5.34. The summed E-state index contributed by atoms with van der Waals surface area (Å²) in [5.41, 5.74) is 10.8. The molecule has 0 radical (unpaired) electrons. The monoisotopic (exact) mass is 628 g/mol. The Kier molecular flexibility index (Phi) is 7.21. The van der Waals surface area contributed by atoms with Crippen LogP contribution in [-0.4, -0.2) is 20.1 Å². The molecule has 0 spiro atoms. The van der Waals surface area contributed by atoms with Crippen molar-refractivity contribution in [3.8, 4) is 0 Å². The highest BCUT2D eigenvalue weighted by atomic mass is 15.2. The second kappa shape index (κ2) is 11.4. The summed E-state index contributed by atoms with van der Waals surface area (Å²) in [5.74, 6) is 0. The highest BCUT2D eigenvalue weighted by Gasteiger charge is 2.43. The molecule has 1 atom stereocenters. The number of anilines is 2. The summed E-state index contributed by atoms with van der Waals surface area (Å²) in [7, 11) is 4.49. The molecule has 3 heterocycles. The van der Waals surface area contributed by atoms with Gasteiger partial charge in [-0.3, -0.25) is 0 Å². The molecule has 3 aliphatic rings. The number of nitrogens with zero attached hydrogens (tertiary/aromatic N) is 3. The van der Waals surface area contributed by atoms with Crippen LogP contribution in [0, 0.1) is 0 Å². The first-order chi connectivity index (χ1) is 23.2. The van der Waals surface area contributed by atoms with Crippen molar-refractivity contribution in [3.05, 3.63) is 156 Å². The molecule has 48 heavy (non-hydrogen) atoms. The molecule has 1 aliphatic carbocycles. The summed E-state index contributed by atoms with van der Waals surface area (Å²) >= 11 is 0. The molecule has 3 heteroatoms. The minimum absolute atomic E-state index is 0.0301. The lowest BCUT2D eigenvalue weighted by Gasteiger charge is -2.30. The molecule has 240 valence electrons. The standard InChI is InChI=1S/C45H46N3/c1-44(2)39(46(5)37-25-21-31-15-8-10-19-35(31)41(37)44)27-23-33-17-14-18-34(43(33)48-29-12-7-13-30-48)24-28-40-45(3,4)42-36-20-11-9-16-32(36)22-26-38(42)47(40)6/h7-13,15-16,19-30,39H,14,17-18H2,1-6H3/q+1/b27-23+,34-24+,40-28+. The van der Waals surface area contributed by atoms with Crippen LogP contribution >= 0.6 is 0 Å². The number of pyridine rings is 1. The van der Waals surface area contributed by atoms with E-state index in [1.807, 2.05) is 0 Å². The zero-order valence-electron chi connectivity index (χ0n) is 29.2. The number of likely N-dealkylation sites (N-methyl/N-ethyl adjacent to an activating group) is 2. The van der Waals surface area contributed by atoms with Gasteiger partial charge in [-0.05, 0) is 70.1 Å². The van der Waals surface area contributed by atoms with Gasteiger partial charge in [0.25, 0.3) is 0 Å². The molecule has 0 amide bonds. The zero-order chi connectivity index (χ0) is 33.2. The minimum Gasteiger partial charge on any atom is -0.367 e. The summed E-state index contributed by atoms with van der Waals surface area (Å²) in [4.78, 5) is 4.89. The van der Waals surface area contributed by atoms with E-state index in [4.69, 9.17) is 0 Å². The van der Waals surface area contributed by atoms with E-state index in [0.717, 1.165) is 19.3 Å². The highest BCUT2D eigenvalue weighted by Crippen LogP contribution is 2.51. The van der Waals surface area contributed by atoms with E-state index in [0.29, 0.717) is 0 Å². The van der Waals surface area contributed by atoms with E-state index in [1.54, 1.807) is 0 Å². The van der Waals surface area contributed by atoms with E-state index in [2.05, 4.69) is 184 Å². The average molecular weight is 629 g/mol. The Hall–Kier alpha value is -4.89. The fourth-order valence-corrected chi connectivity index (χ4v) is 9.08. The van der Waals surface area contributed by atoms with Crippen molar-refractivity contribution in [2.45, 2.75) is 63.8 Å². The third kappa shape index (κ3) is 4.66. The molecular weight excluding hydrogens is 583 g/mol. The molecule has 0 saturated carbocycles. The second-order valence-corrected chi connectivity index (χ2v) is 14.9. The highest BCUT2D eigenvalue weighted by molar-refractivity contribution is 5.95. The van der Waals surface area contributed by atoms with Gasteiger partial charge in [0.2, 0.25) is 5.70 Å². The lowest BCUT2D eigenvalue weighted by atomic mass is 9.78. The summed E-state index contributed by atoms with van der Waals surface area (Å²) in [6.45, 7) is 9.59. The van der Waals surface area contributed by atoms with Gasteiger partial charge in [-0.15, -0.1) is 0 Å². The maximum absolute atomic E-state index is 2.48. The van der Waals surface area contributed by atoms with Gasteiger partial charge in [-0.25, -0.2) is 0 Å². The molecule has 4 aromatic carbocycles. The van der Waals surface area contributed by atoms with Gasteiger partial charge >= 0.3 is 0 Å². The van der Waals surface area contributed by atoms with Crippen LogP contribution in [0.15, 0.2) is 145 Å². The predicted molar refractivity (Wildman–Crippen MR) is 204 cm³/mol. The Morgan fingerprint density at radius 3 is 2.04 bits per heavy atom. The second-order valence-electron chi connectivity index (χ2n) is 14.9. The Morgan fingerprint density at radius 2 is 1.33 bits per heavy atom. The van der Waals surface area contributed by atoms with E-state index in [9.17, 15) is 0 Å². The molecule has 0 fully saturated rings. The lowest BCUT2D eigenvalue weighted by molar-refractivity contribution is -0.580. The topological polar surface area (TPSA) is 10.4 Å². The predicted octanol–water partition coefficient (Wildman–Crippen LogP) is 10.3. The van der Waals surface area contributed by atoms with Gasteiger partial charge in [0.1, 0.15) is 0 Å². The maximum atomic E-state index is 2.48. The van der Waals surface area contributed by atoms with Crippen LogP contribution in [0.1, 0.15) is 58.1 Å².